The van der Waals surface area contributed by atoms with E-state index in [4.69, 9.17) is 5.11 Å². The topological polar surface area (TPSA) is 23.5 Å². The third kappa shape index (κ3) is 3.62. The number of rotatable bonds is 3. The van der Waals surface area contributed by atoms with Crippen molar-refractivity contribution in [1.82, 2.24) is 0 Å². The molecule has 1 N–H and O–H groups in total. The zero-order valence-corrected chi connectivity index (χ0v) is 10.7. The van der Waals surface area contributed by atoms with Crippen molar-refractivity contribution < 1.29 is 18.3 Å². The second-order valence-electron chi connectivity index (χ2n) is 4.99. The molecule has 1 saturated heterocycles. The molecule has 1 aliphatic heterocycles. The summed E-state index contributed by atoms with van der Waals surface area (Å²) in [4.78, 5) is 1.99. The molecule has 19 heavy (non-hydrogen) atoms. The van der Waals surface area contributed by atoms with Crippen LogP contribution in [0.3, 0.4) is 0 Å². The first-order chi connectivity index (χ1) is 9.00. The maximum atomic E-state index is 12.7. The minimum atomic E-state index is -4.29. The van der Waals surface area contributed by atoms with Gasteiger partial charge < -0.3 is 10.0 Å². The van der Waals surface area contributed by atoms with Gasteiger partial charge in [-0.25, -0.2) is 0 Å². The Hall–Kier alpha value is -1.23. The van der Waals surface area contributed by atoms with E-state index in [0.717, 1.165) is 38.4 Å². The number of anilines is 1. The van der Waals surface area contributed by atoms with Gasteiger partial charge in [0.05, 0.1) is 5.56 Å². The van der Waals surface area contributed by atoms with Crippen molar-refractivity contribution in [3.8, 4) is 0 Å². The van der Waals surface area contributed by atoms with Crippen molar-refractivity contribution in [2.45, 2.75) is 25.4 Å². The van der Waals surface area contributed by atoms with E-state index in [0.29, 0.717) is 11.6 Å². The van der Waals surface area contributed by atoms with E-state index in [2.05, 4.69) is 0 Å². The molecule has 0 unspecified atom stereocenters. The average Bonchev–Trinajstić information content (AvgIpc) is 2.39. The lowest BCUT2D eigenvalue weighted by molar-refractivity contribution is -0.137. The highest BCUT2D eigenvalue weighted by Gasteiger charge is 2.31. The lowest BCUT2D eigenvalue weighted by Crippen LogP contribution is -2.34. The summed E-state index contributed by atoms with van der Waals surface area (Å²) in [7, 11) is 0. The van der Waals surface area contributed by atoms with Gasteiger partial charge in [-0.15, -0.1) is 0 Å². The van der Waals surface area contributed by atoms with Crippen LogP contribution in [0.15, 0.2) is 24.3 Å². The predicted molar refractivity (Wildman–Crippen MR) is 68.1 cm³/mol. The van der Waals surface area contributed by atoms with Crippen LogP contribution in [-0.4, -0.2) is 24.8 Å². The molecule has 0 aromatic heterocycles. The molecule has 0 radical (unpaired) electrons. The summed E-state index contributed by atoms with van der Waals surface area (Å²) in [5.74, 6) is 0.493. The molecule has 1 fully saturated rings. The molecule has 2 rings (SSSR count). The number of hydrogen-bond acceptors (Lipinski definition) is 2. The number of aliphatic hydroxyl groups is 1. The number of aliphatic hydroxyl groups excluding tert-OH is 1. The van der Waals surface area contributed by atoms with Crippen LogP contribution in [0.2, 0.25) is 0 Å². The molecule has 0 atom stereocenters. The highest BCUT2D eigenvalue weighted by molar-refractivity contribution is 5.49. The SMILES string of the molecule is OCCC1CCN(c2cccc(C(F)(F)F)c2)CC1. The van der Waals surface area contributed by atoms with Crippen molar-refractivity contribution in [3.05, 3.63) is 29.8 Å². The molecule has 106 valence electrons. The summed E-state index contributed by atoms with van der Waals surface area (Å²) in [6, 6.07) is 5.49. The molecular formula is C14H18F3NO. The summed E-state index contributed by atoms with van der Waals surface area (Å²) >= 11 is 0. The second kappa shape index (κ2) is 5.82. The Bertz CT molecular complexity index is 411. The van der Waals surface area contributed by atoms with E-state index in [-0.39, 0.29) is 6.61 Å². The standard InChI is InChI=1S/C14H18F3NO/c15-14(16,17)12-2-1-3-13(10-12)18-7-4-11(5-8-18)6-9-19/h1-3,10-11,19H,4-9H2. The number of hydrogen-bond donors (Lipinski definition) is 1. The monoisotopic (exact) mass is 273 g/mol. The van der Waals surface area contributed by atoms with Crippen LogP contribution in [0.5, 0.6) is 0 Å². The Labute approximate surface area is 110 Å². The Morgan fingerprint density at radius 2 is 1.89 bits per heavy atom. The Kier molecular flexibility index (Phi) is 4.34. The van der Waals surface area contributed by atoms with Crippen LogP contribution in [0, 0.1) is 5.92 Å². The molecular weight excluding hydrogens is 255 g/mol. The van der Waals surface area contributed by atoms with Gasteiger partial charge >= 0.3 is 6.18 Å². The van der Waals surface area contributed by atoms with Crippen LogP contribution in [0.1, 0.15) is 24.8 Å². The molecule has 0 amide bonds. The third-order valence-electron chi connectivity index (χ3n) is 3.69. The van der Waals surface area contributed by atoms with E-state index >= 15 is 0 Å². The fourth-order valence-electron chi connectivity index (χ4n) is 2.54. The van der Waals surface area contributed by atoms with E-state index in [1.165, 1.54) is 12.1 Å². The van der Waals surface area contributed by atoms with Gasteiger partial charge in [-0.3, -0.25) is 0 Å². The summed E-state index contributed by atoms with van der Waals surface area (Å²) in [5, 5.41) is 8.89. The van der Waals surface area contributed by atoms with Gasteiger partial charge in [0.2, 0.25) is 0 Å². The van der Waals surface area contributed by atoms with E-state index in [9.17, 15) is 13.2 Å². The molecule has 0 saturated carbocycles. The minimum absolute atomic E-state index is 0.189. The van der Waals surface area contributed by atoms with Crippen LogP contribution in [0.25, 0.3) is 0 Å². The van der Waals surface area contributed by atoms with Gasteiger partial charge in [-0.05, 0) is 43.4 Å². The van der Waals surface area contributed by atoms with Gasteiger partial charge in [-0.2, -0.15) is 13.2 Å². The van der Waals surface area contributed by atoms with Crippen molar-refractivity contribution in [3.63, 3.8) is 0 Å². The predicted octanol–water partition coefficient (Wildman–Crippen LogP) is 3.30. The first-order valence-electron chi connectivity index (χ1n) is 6.54. The maximum Gasteiger partial charge on any atom is 0.416 e. The van der Waals surface area contributed by atoms with E-state index < -0.39 is 11.7 Å². The average molecular weight is 273 g/mol. The van der Waals surface area contributed by atoms with Crippen LogP contribution in [-0.2, 0) is 6.18 Å². The first kappa shape index (κ1) is 14.2. The number of nitrogens with zero attached hydrogens (tertiary/aromatic N) is 1. The van der Waals surface area contributed by atoms with Crippen molar-refractivity contribution in [2.75, 3.05) is 24.6 Å². The molecule has 5 heteroatoms. The van der Waals surface area contributed by atoms with Crippen LogP contribution >= 0.6 is 0 Å². The molecule has 1 aromatic rings. The Morgan fingerprint density at radius 1 is 1.21 bits per heavy atom. The molecule has 0 spiro atoms. The first-order valence-corrected chi connectivity index (χ1v) is 6.54. The summed E-state index contributed by atoms with van der Waals surface area (Å²) in [5.41, 5.74) is 0.0414. The number of halogens is 3. The molecule has 0 bridgehead atoms. The molecule has 1 aromatic carbocycles. The summed E-state index contributed by atoms with van der Waals surface area (Å²) in [6.45, 7) is 1.70. The zero-order valence-electron chi connectivity index (χ0n) is 10.7. The maximum absolute atomic E-state index is 12.7. The number of alkyl halides is 3. The van der Waals surface area contributed by atoms with Crippen molar-refractivity contribution in [2.24, 2.45) is 5.92 Å². The lowest BCUT2D eigenvalue weighted by atomic mass is 9.93. The molecule has 0 aliphatic carbocycles. The van der Waals surface area contributed by atoms with Crippen LogP contribution < -0.4 is 4.90 Å². The van der Waals surface area contributed by atoms with Gasteiger partial charge in [0, 0.05) is 25.4 Å². The fourth-order valence-corrected chi connectivity index (χ4v) is 2.54. The smallest absolute Gasteiger partial charge is 0.396 e. The number of piperidine rings is 1. The second-order valence-corrected chi connectivity index (χ2v) is 4.99. The normalized spacial score (nSPS) is 17.8. The Morgan fingerprint density at radius 3 is 2.47 bits per heavy atom. The summed E-state index contributed by atoms with van der Waals surface area (Å²) in [6.07, 6.45) is -1.64. The van der Waals surface area contributed by atoms with Crippen LogP contribution in [0.4, 0.5) is 18.9 Å². The van der Waals surface area contributed by atoms with Gasteiger partial charge in [-0.1, -0.05) is 6.07 Å². The highest BCUT2D eigenvalue weighted by atomic mass is 19.4. The zero-order chi connectivity index (χ0) is 13.9. The van der Waals surface area contributed by atoms with E-state index in [1.54, 1.807) is 6.07 Å². The largest absolute Gasteiger partial charge is 0.416 e. The Balaban J connectivity index is 2.03. The fraction of sp³-hybridized carbons (Fsp3) is 0.571. The molecule has 2 nitrogen and oxygen atoms in total. The quantitative estimate of drug-likeness (QED) is 0.913. The van der Waals surface area contributed by atoms with Crippen molar-refractivity contribution >= 4 is 5.69 Å². The van der Waals surface area contributed by atoms with Gasteiger partial charge in [0.1, 0.15) is 0 Å². The van der Waals surface area contributed by atoms with Crippen molar-refractivity contribution in [1.29, 1.82) is 0 Å². The summed E-state index contributed by atoms with van der Waals surface area (Å²) < 4.78 is 38.0. The molecule has 1 aliphatic rings. The van der Waals surface area contributed by atoms with Gasteiger partial charge in [0.15, 0.2) is 0 Å². The minimum Gasteiger partial charge on any atom is -0.396 e. The highest BCUT2D eigenvalue weighted by Crippen LogP contribution is 2.33. The molecule has 1 heterocycles. The number of benzene rings is 1. The van der Waals surface area contributed by atoms with E-state index in [1.807, 2.05) is 4.90 Å². The van der Waals surface area contributed by atoms with Gasteiger partial charge in [0.25, 0.3) is 0 Å². The third-order valence-corrected chi connectivity index (χ3v) is 3.69. The lowest BCUT2D eigenvalue weighted by Gasteiger charge is -2.33.